The maximum Gasteiger partial charge on any atom is 0.321 e. The summed E-state index contributed by atoms with van der Waals surface area (Å²) in [5, 5.41) is 8.75. The molecule has 116 valence electrons. The standard InChI is InChI=1S/C15H18N4O2S/c1-18-10-12(8-16-18)17-15(21)19-6-2-4-11(9-19)14(20)13-5-3-7-22-13/h3,5,7-8,10-11H,2,4,6,9H2,1H3,(H,17,21). The predicted octanol–water partition coefficient (Wildman–Crippen LogP) is 2.61. The summed E-state index contributed by atoms with van der Waals surface area (Å²) in [4.78, 5) is 27.2. The van der Waals surface area contributed by atoms with E-state index >= 15 is 0 Å². The highest BCUT2D eigenvalue weighted by molar-refractivity contribution is 7.12. The van der Waals surface area contributed by atoms with Crippen LogP contribution in [0.25, 0.3) is 0 Å². The number of nitrogens with zero attached hydrogens (tertiary/aromatic N) is 3. The van der Waals surface area contributed by atoms with E-state index in [0.717, 1.165) is 17.7 Å². The van der Waals surface area contributed by atoms with E-state index in [-0.39, 0.29) is 17.7 Å². The van der Waals surface area contributed by atoms with Gasteiger partial charge < -0.3 is 10.2 Å². The van der Waals surface area contributed by atoms with Crippen molar-refractivity contribution < 1.29 is 9.59 Å². The van der Waals surface area contributed by atoms with Crippen LogP contribution in [0.2, 0.25) is 0 Å². The topological polar surface area (TPSA) is 67.2 Å². The van der Waals surface area contributed by atoms with Crippen LogP contribution >= 0.6 is 11.3 Å². The highest BCUT2D eigenvalue weighted by atomic mass is 32.1. The maximum absolute atomic E-state index is 12.4. The third kappa shape index (κ3) is 3.19. The zero-order valence-electron chi connectivity index (χ0n) is 12.4. The molecule has 2 aromatic rings. The van der Waals surface area contributed by atoms with E-state index in [1.165, 1.54) is 11.3 Å². The van der Waals surface area contributed by atoms with Crippen molar-refractivity contribution in [3.63, 3.8) is 0 Å². The van der Waals surface area contributed by atoms with Crippen molar-refractivity contribution in [3.05, 3.63) is 34.8 Å². The van der Waals surface area contributed by atoms with Crippen molar-refractivity contribution in [3.8, 4) is 0 Å². The molecule has 3 rings (SSSR count). The minimum absolute atomic E-state index is 0.105. The number of thiophene rings is 1. The van der Waals surface area contributed by atoms with Crippen LogP contribution in [0, 0.1) is 5.92 Å². The number of carbonyl (C=O) groups is 2. The summed E-state index contributed by atoms with van der Waals surface area (Å²) in [5.74, 6) is 0.0425. The molecular formula is C15H18N4O2S. The number of hydrogen-bond donors (Lipinski definition) is 1. The second-order valence-corrected chi connectivity index (χ2v) is 6.41. The molecule has 0 spiro atoms. The van der Waals surface area contributed by atoms with Gasteiger partial charge in [-0.05, 0) is 24.3 Å². The number of rotatable bonds is 3. The Kier molecular flexibility index (Phi) is 4.24. The third-order valence-corrected chi connectivity index (χ3v) is 4.68. The predicted molar refractivity (Wildman–Crippen MR) is 85.2 cm³/mol. The first-order valence-corrected chi connectivity index (χ1v) is 8.14. The SMILES string of the molecule is Cn1cc(NC(=O)N2CCCC(C(=O)c3cccs3)C2)cn1. The van der Waals surface area contributed by atoms with Crippen molar-refractivity contribution >= 4 is 28.8 Å². The Morgan fingerprint density at radius 3 is 3.00 bits per heavy atom. The van der Waals surface area contributed by atoms with Gasteiger partial charge in [0.1, 0.15) is 0 Å². The molecule has 22 heavy (non-hydrogen) atoms. The molecule has 1 fully saturated rings. The number of Topliss-reactive ketones (excluding diaryl/α,β-unsaturated/α-hetero) is 1. The normalized spacial score (nSPS) is 18.2. The van der Waals surface area contributed by atoms with Gasteiger partial charge in [0.2, 0.25) is 0 Å². The molecule has 1 aliphatic heterocycles. The van der Waals surface area contributed by atoms with Crippen molar-refractivity contribution in [1.29, 1.82) is 0 Å². The first-order chi connectivity index (χ1) is 10.6. The second-order valence-electron chi connectivity index (χ2n) is 5.46. The minimum Gasteiger partial charge on any atom is -0.324 e. The summed E-state index contributed by atoms with van der Waals surface area (Å²) in [6.45, 7) is 1.16. The van der Waals surface area contributed by atoms with E-state index in [9.17, 15) is 9.59 Å². The van der Waals surface area contributed by atoms with Crippen LogP contribution < -0.4 is 5.32 Å². The molecule has 1 unspecified atom stereocenters. The Hall–Kier alpha value is -2.15. The fraction of sp³-hybridized carbons (Fsp3) is 0.400. The highest BCUT2D eigenvalue weighted by Crippen LogP contribution is 2.23. The number of ketones is 1. The summed E-state index contributed by atoms with van der Waals surface area (Å²) < 4.78 is 1.63. The van der Waals surface area contributed by atoms with Crippen LogP contribution in [-0.2, 0) is 7.05 Å². The lowest BCUT2D eigenvalue weighted by molar-refractivity contribution is 0.0856. The molecule has 1 N–H and O–H groups in total. The largest absolute Gasteiger partial charge is 0.324 e. The Balaban J connectivity index is 1.62. The molecule has 3 heterocycles. The van der Waals surface area contributed by atoms with E-state index in [2.05, 4.69) is 10.4 Å². The number of amides is 2. The number of aromatic nitrogens is 2. The lowest BCUT2D eigenvalue weighted by atomic mass is 9.93. The number of urea groups is 1. The van der Waals surface area contributed by atoms with Gasteiger partial charge in [-0.1, -0.05) is 6.07 Å². The summed E-state index contributed by atoms with van der Waals surface area (Å²) in [5.41, 5.74) is 0.666. The highest BCUT2D eigenvalue weighted by Gasteiger charge is 2.29. The van der Waals surface area contributed by atoms with Crippen LogP contribution in [0.4, 0.5) is 10.5 Å². The van der Waals surface area contributed by atoms with Gasteiger partial charge in [0.15, 0.2) is 5.78 Å². The average Bonchev–Trinajstić information content (AvgIpc) is 3.18. The van der Waals surface area contributed by atoms with Crippen molar-refractivity contribution in [2.75, 3.05) is 18.4 Å². The molecule has 2 amide bonds. The third-order valence-electron chi connectivity index (χ3n) is 3.80. The van der Waals surface area contributed by atoms with E-state index in [1.807, 2.05) is 17.5 Å². The molecule has 1 aliphatic rings. The lowest BCUT2D eigenvalue weighted by Gasteiger charge is -2.31. The molecule has 0 aromatic carbocycles. The van der Waals surface area contributed by atoms with Crippen LogP contribution in [-0.4, -0.2) is 39.6 Å². The van der Waals surface area contributed by atoms with Crippen LogP contribution in [0.1, 0.15) is 22.5 Å². The van der Waals surface area contributed by atoms with Crippen molar-refractivity contribution in [2.45, 2.75) is 12.8 Å². The fourth-order valence-corrected chi connectivity index (χ4v) is 3.43. The Bertz CT molecular complexity index is 665. The summed E-state index contributed by atoms with van der Waals surface area (Å²) in [6, 6.07) is 3.56. The number of hydrogen-bond acceptors (Lipinski definition) is 4. The monoisotopic (exact) mass is 318 g/mol. The molecule has 1 atom stereocenters. The molecule has 7 heteroatoms. The molecule has 2 aromatic heterocycles. The lowest BCUT2D eigenvalue weighted by Crippen LogP contribution is -2.44. The van der Waals surface area contributed by atoms with Crippen molar-refractivity contribution in [1.82, 2.24) is 14.7 Å². The van der Waals surface area contributed by atoms with Crippen LogP contribution in [0.5, 0.6) is 0 Å². The van der Waals surface area contributed by atoms with E-state index in [1.54, 1.807) is 29.0 Å². The molecule has 0 aliphatic carbocycles. The number of aryl methyl sites for hydroxylation is 1. The maximum atomic E-state index is 12.4. The molecule has 6 nitrogen and oxygen atoms in total. The fourth-order valence-electron chi connectivity index (χ4n) is 2.68. The Labute approximate surface area is 132 Å². The summed E-state index contributed by atoms with van der Waals surface area (Å²) in [6.07, 6.45) is 5.04. The first-order valence-electron chi connectivity index (χ1n) is 7.26. The molecule has 0 radical (unpaired) electrons. The number of nitrogens with one attached hydrogen (secondary N) is 1. The van der Waals surface area contributed by atoms with E-state index in [4.69, 9.17) is 0 Å². The summed E-state index contributed by atoms with van der Waals surface area (Å²) >= 11 is 1.46. The first kappa shape index (κ1) is 14.8. The minimum atomic E-state index is -0.170. The Morgan fingerprint density at radius 2 is 2.32 bits per heavy atom. The molecular weight excluding hydrogens is 300 g/mol. The van der Waals surface area contributed by atoms with Crippen LogP contribution in [0.15, 0.2) is 29.9 Å². The van der Waals surface area contributed by atoms with Gasteiger partial charge >= 0.3 is 6.03 Å². The van der Waals surface area contributed by atoms with Gasteiger partial charge in [0, 0.05) is 32.3 Å². The molecule has 0 bridgehead atoms. The van der Waals surface area contributed by atoms with Gasteiger partial charge in [-0.25, -0.2) is 4.79 Å². The van der Waals surface area contributed by atoms with Gasteiger partial charge in [0.25, 0.3) is 0 Å². The van der Waals surface area contributed by atoms with E-state index < -0.39 is 0 Å². The quantitative estimate of drug-likeness (QED) is 0.885. The van der Waals surface area contributed by atoms with Gasteiger partial charge in [0.05, 0.1) is 16.8 Å². The number of anilines is 1. The van der Waals surface area contributed by atoms with Crippen LogP contribution in [0.3, 0.4) is 0 Å². The van der Waals surface area contributed by atoms with Gasteiger partial charge in [-0.2, -0.15) is 5.10 Å². The second kappa shape index (κ2) is 6.31. The van der Waals surface area contributed by atoms with Gasteiger partial charge in [-0.15, -0.1) is 11.3 Å². The number of likely N-dealkylation sites (tertiary alicyclic amines) is 1. The summed E-state index contributed by atoms with van der Waals surface area (Å²) in [7, 11) is 1.80. The Morgan fingerprint density at radius 1 is 1.45 bits per heavy atom. The molecule has 0 saturated carbocycles. The molecule has 1 saturated heterocycles. The van der Waals surface area contributed by atoms with E-state index in [0.29, 0.717) is 18.8 Å². The van der Waals surface area contributed by atoms with Gasteiger partial charge in [-0.3, -0.25) is 9.48 Å². The zero-order valence-corrected chi connectivity index (χ0v) is 13.2. The smallest absolute Gasteiger partial charge is 0.321 e. The average molecular weight is 318 g/mol. The van der Waals surface area contributed by atoms with Crippen molar-refractivity contribution in [2.24, 2.45) is 13.0 Å². The number of carbonyl (C=O) groups excluding carboxylic acids is 2. The number of piperidine rings is 1. The zero-order chi connectivity index (χ0) is 15.5.